The highest BCUT2D eigenvalue weighted by molar-refractivity contribution is 5.89. The summed E-state index contributed by atoms with van der Waals surface area (Å²) in [4.78, 5) is 26.1. The first-order chi connectivity index (χ1) is 11.2. The Hall–Kier alpha value is -2.08. The molecule has 1 aromatic carbocycles. The molecular formula is C17H26N4O2. The van der Waals surface area contributed by atoms with Gasteiger partial charge in [0.05, 0.1) is 0 Å². The van der Waals surface area contributed by atoms with Crippen molar-refractivity contribution in [3.8, 4) is 0 Å². The van der Waals surface area contributed by atoms with Crippen molar-refractivity contribution < 1.29 is 9.59 Å². The lowest BCUT2D eigenvalue weighted by atomic mass is 10.0. The number of likely N-dealkylation sites (tertiary alicyclic amines) is 1. The van der Waals surface area contributed by atoms with Crippen molar-refractivity contribution >= 4 is 17.6 Å². The van der Waals surface area contributed by atoms with Gasteiger partial charge in [-0.15, -0.1) is 0 Å². The van der Waals surface area contributed by atoms with E-state index in [1.165, 1.54) is 0 Å². The van der Waals surface area contributed by atoms with Crippen molar-refractivity contribution in [1.82, 2.24) is 15.5 Å². The number of amides is 3. The molecule has 6 nitrogen and oxygen atoms in total. The molecule has 3 N–H and O–H groups in total. The van der Waals surface area contributed by atoms with Crippen LogP contribution in [0.1, 0.15) is 25.7 Å². The zero-order valence-corrected chi connectivity index (χ0v) is 13.7. The van der Waals surface area contributed by atoms with Crippen LogP contribution in [-0.2, 0) is 4.79 Å². The summed E-state index contributed by atoms with van der Waals surface area (Å²) in [6.45, 7) is 1.96. The Morgan fingerprint density at radius 3 is 2.74 bits per heavy atom. The third-order valence-electron chi connectivity index (χ3n) is 4.07. The molecule has 0 radical (unpaired) electrons. The highest BCUT2D eigenvalue weighted by atomic mass is 16.2. The maximum Gasteiger partial charge on any atom is 0.319 e. The van der Waals surface area contributed by atoms with Crippen LogP contribution in [0.5, 0.6) is 0 Å². The van der Waals surface area contributed by atoms with Gasteiger partial charge in [-0.2, -0.15) is 0 Å². The number of carbonyl (C=O) groups is 2. The van der Waals surface area contributed by atoms with Gasteiger partial charge < -0.3 is 20.9 Å². The number of nitrogens with one attached hydrogen (secondary N) is 3. The quantitative estimate of drug-likeness (QED) is 0.749. The van der Waals surface area contributed by atoms with E-state index in [0.29, 0.717) is 19.5 Å². The van der Waals surface area contributed by atoms with Gasteiger partial charge in [-0.3, -0.25) is 4.79 Å². The lowest BCUT2D eigenvalue weighted by Gasteiger charge is -2.36. The summed E-state index contributed by atoms with van der Waals surface area (Å²) < 4.78 is 0. The van der Waals surface area contributed by atoms with Crippen LogP contribution >= 0.6 is 0 Å². The van der Waals surface area contributed by atoms with Crippen LogP contribution in [0, 0.1) is 0 Å². The third kappa shape index (κ3) is 5.56. The predicted molar refractivity (Wildman–Crippen MR) is 91.4 cm³/mol. The average Bonchev–Trinajstić information content (AvgIpc) is 2.59. The van der Waals surface area contributed by atoms with Crippen molar-refractivity contribution in [2.45, 2.75) is 31.7 Å². The fourth-order valence-electron chi connectivity index (χ4n) is 2.82. The number of piperidine rings is 1. The lowest BCUT2D eigenvalue weighted by Crippen LogP contribution is -2.50. The molecule has 0 saturated carbocycles. The highest BCUT2D eigenvalue weighted by Crippen LogP contribution is 2.17. The third-order valence-corrected chi connectivity index (χ3v) is 4.07. The van der Waals surface area contributed by atoms with Gasteiger partial charge in [-0.1, -0.05) is 18.2 Å². The van der Waals surface area contributed by atoms with Crippen LogP contribution in [0.4, 0.5) is 10.5 Å². The minimum absolute atomic E-state index is 0.0922. The standard InChI is InChI=1S/C17H26N4O2/c1-18-11-10-16(22)21-12-6-5-9-15(21)13-19-17(23)20-14-7-3-2-4-8-14/h2-4,7-8,15,18H,5-6,9-13H2,1H3,(H2,19,20,23). The van der Waals surface area contributed by atoms with Gasteiger partial charge in [0.2, 0.25) is 5.91 Å². The van der Waals surface area contributed by atoms with Crippen LogP contribution in [0.15, 0.2) is 30.3 Å². The monoisotopic (exact) mass is 318 g/mol. The summed E-state index contributed by atoms with van der Waals surface area (Å²) in [6.07, 6.45) is 3.58. The van der Waals surface area contributed by atoms with Crippen molar-refractivity contribution in [3.05, 3.63) is 30.3 Å². The summed E-state index contributed by atoms with van der Waals surface area (Å²) >= 11 is 0. The molecule has 23 heavy (non-hydrogen) atoms. The zero-order chi connectivity index (χ0) is 16.5. The molecule has 0 bridgehead atoms. The molecule has 1 heterocycles. The number of rotatable bonds is 6. The van der Waals surface area contributed by atoms with Crippen molar-refractivity contribution in [2.24, 2.45) is 0 Å². The van der Waals surface area contributed by atoms with Gasteiger partial charge in [-0.25, -0.2) is 4.79 Å². The van der Waals surface area contributed by atoms with Gasteiger partial charge in [0.1, 0.15) is 0 Å². The summed E-state index contributed by atoms with van der Waals surface area (Å²) in [5.74, 6) is 0.161. The van der Waals surface area contributed by atoms with Crippen LogP contribution < -0.4 is 16.0 Å². The minimum atomic E-state index is -0.232. The Balaban J connectivity index is 1.82. The fourth-order valence-corrected chi connectivity index (χ4v) is 2.82. The second-order valence-electron chi connectivity index (χ2n) is 5.79. The summed E-state index contributed by atoms with van der Waals surface area (Å²) in [7, 11) is 1.84. The van der Waals surface area contributed by atoms with Crippen molar-refractivity contribution in [2.75, 3.05) is 32.0 Å². The van der Waals surface area contributed by atoms with Gasteiger partial charge >= 0.3 is 6.03 Å². The molecule has 1 unspecified atom stereocenters. The number of hydrogen-bond donors (Lipinski definition) is 3. The van der Waals surface area contributed by atoms with E-state index in [1.807, 2.05) is 42.3 Å². The molecular weight excluding hydrogens is 292 g/mol. The maximum atomic E-state index is 12.3. The number of anilines is 1. The second-order valence-corrected chi connectivity index (χ2v) is 5.79. The molecule has 0 aliphatic carbocycles. The molecule has 1 aliphatic heterocycles. The lowest BCUT2D eigenvalue weighted by molar-refractivity contribution is -0.134. The normalized spacial score (nSPS) is 17.6. The number of para-hydroxylation sites is 1. The van der Waals surface area contributed by atoms with E-state index in [4.69, 9.17) is 0 Å². The number of hydrogen-bond acceptors (Lipinski definition) is 3. The fraction of sp³-hybridized carbons (Fsp3) is 0.529. The van der Waals surface area contributed by atoms with Crippen LogP contribution in [0.25, 0.3) is 0 Å². The largest absolute Gasteiger partial charge is 0.338 e. The predicted octanol–water partition coefficient (Wildman–Crippen LogP) is 1.80. The van der Waals surface area contributed by atoms with E-state index < -0.39 is 0 Å². The van der Waals surface area contributed by atoms with E-state index >= 15 is 0 Å². The molecule has 1 saturated heterocycles. The van der Waals surface area contributed by atoms with E-state index in [-0.39, 0.29) is 18.0 Å². The van der Waals surface area contributed by atoms with Crippen molar-refractivity contribution in [3.63, 3.8) is 0 Å². The van der Waals surface area contributed by atoms with Gasteiger partial charge in [0.25, 0.3) is 0 Å². The molecule has 6 heteroatoms. The Labute approximate surface area is 137 Å². The van der Waals surface area contributed by atoms with E-state index in [1.54, 1.807) is 0 Å². The summed E-state index contributed by atoms with van der Waals surface area (Å²) in [5, 5.41) is 8.68. The zero-order valence-electron chi connectivity index (χ0n) is 13.7. The van der Waals surface area contributed by atoms with Crippen LogP contribution in [-0.4, -0.2) is 49.6 Å². The molecule has 1 aliphatic rings. The van der Waals surface area contributed by atoms with E-state index in [0.717, 1.165) is 31.5 Å². The maximum absolute atomic E-state index is 12.3. The van der Waals surface area contributed by atoms with E-state index in [9.17, 15) is 9.59 Å². The molecule has 126 valence electrons. The average molecular weight is 318 g/mol. The molecule has 2 rings (SSSR count). The number of carbonyl (C=O) groups excluding carboxylic acids is 2. The van der Waals surface area contributed by atoms with Crippen LogP contribution in [0.3, 0.4) is 0 Å². The molecule has 0 spiro atoms. The summed E-state index contributed by atoms with van der Waals surface area (Å²) in [6, 6.07) is 9.19. The molecule has 3 amide bonds. The van der Waals surface area contributed by atoms with Gasteiger partial charge in [0.15, 0.2) is 0 Å². The second kappa shape index (κ2) is 9.15. The molecule has 1 aromatic rings. The summed E-state index contributed by atoms with van der Waals surface area (Å²) in [5.41, 5.74) is 0.760. The van der Waals surface area contributed by atoms with E-state index in [2.05, 4.69) is 16.0 Å². The first-order valence-corrected chi connectivity index (χ1v) is 8.24. The number of urea groups is 1. The first kappa shape index (κ1) is 17.3. The topological polar surface area (TPSA) is 73.5 Å². The smallest absolute Gasteiger partial charge is 0.319 e. The van der Waals surface area contributed by atoms with Crippen molar-refractivity contribution in [1.29, 1.82) is 0 Å². The van der Waals surface area contributed by atoms with Gasteiger partial charge in [-0.05, 0) is 38.4 Å². The number of nitrogens with zero attached hydrogens (tertiary/aromatic N) is 1. The van der Waals surface area contributed by atoms with Crippen LogP contribution in [0.2, 0.25) is 0 Å². The van der Waals surface area contributed by atoms with Gasteiger partial charge in [0, 0.05) is 37.8 Å². The Morgan fingerprint density at radius 2 is 2.00 bits per heavy atom. The highest BCUT2D eigenvalue weighted by Gasteiger charge is 2.26. The Bertz CT molecular complexity index is 507. The molecule has 1 fully saturated rings. The molecule has 0 aromatic heterocycles. The Morgan fingerprint density at radius 1 is 1.22 bits per heavy atom. The minimum Gasteiger partial charge on any atom is -0.338 e. The number of benzene rings is 1. The SMILES string of the molecule is CNCCC(=O)N1CCCCC1CNC(=O)Nc1ccccc1. The molecule has 1 atom stereocenters. The first-order valence-electron chi connectivity index (χ1n) is 8.24. The Kier molecular flexibility index (Phi) is 6.87.